The molecule has 12 heteroatoms. The van der Waals surface area contributed by atoms with Gasteiger partial charge in [0.25, 0.3) is 16.7 Å². The molecule has 2 heterocycles. The van der Waals surface area contributed by atoms with Gasteiger partial charge in [-0.15, -0.1) is 10.2 Å². The Balaban J connectivity index is 1.33. The average Bonchev–Trinajstić information content (AvgIpc) is 3.26. The zero-order valence-corrected chi connectivity index (χ0v) is 16.4. The largest absolute Gasteiger partial charge is 0.411 e. The number of hydrazine groups is 1. The lowest BCUT2D eigenvalue weighted by molar-refractivity contribution is -0.119. The molecule has 0 saturated carbocycles. The van der Waals surface area contributed by atoms with Crippen molar-refractivity contribution in [3.05, 3.63) is 70.4 Å². The fraction of sp³-hybridized carbons (Fsp3) is 0.0526. The van der Waals surface area contributed by atoms with Crippen LogP contribution >= 0.6 is 11.8 Å². The molecule has 0 atom stereocenters. The maximum absolute atomic E-state index is 13.0. The lowest BCUT2D eigenvalue weighted by Gasteiger charge is -2.07. The van der Waals surface area contributed by atoms with Crippen LogP contribution in [0, 0.1) is 5.82 Å². The van der Waals surface area contributed by atoms with E-state index in [0.29, 0.717) is 16.3 Å². The molecule has 0 unspecified atom stereocenters. The van der Waals surface area contributed by atoms with Crippen molar-refractivity contribution in [3.8, 4) is 11.5 Å². The molecule has 4 aromatic rings. The standard InChI is InChI=1S/C19H13FN6O4S/c20-11-7-5-10(6-8-11)18-25-26-19(30-18)31-9-14(27)21-24-17(29)15-12-3-1-2-4-13(12)16(28)23-22-15/h1-8H,9H2,(H,21,27)(H,23,28)(H,24,29). The highest BCUT2D eigenvalue weighted by atomic mass is 32.2. The minimum absolute atomic E-state index is 0.0380. The highest BCUT2D eigenvalue weighted by Gasteiger charge is 2.16. The minimum Gasteiger partial charge on any atom is -0.411 e. The van der Waals surface area contributed by atoms with E-state index in [1.54, 1.807) is 24.3 Å². The first-order valence-corrected chi connectivity index (χ1v) is 9.78. The number of amides is 2. The number of aromatic amines is 1. The number of hydrogen-bond donors (Lipinski definition) is 3. The summed E-state index contributed by atoms with van der Waals surface area (Å²) in [5.41, 5.74) is 4.57. The van der Waals surface area contributed by atoms with E-state index in [0.717, 1.165) is 11.8 Å². The molecule has 0 bridgehead atoms. The number of benzene rings is 2. The van der Waals surface area contributed by atoms with Gasteiger partial charge in [-0.05, 0) is 30.3 Å². The number of aromatic nitrogens is 4. The number of rotatable bonds is 5. The highest BCUT2D eigenvalue weighted by molar-refractivity contribution is 7.99. The van der Waals surface area contributed by atoms with Crippen LogP contribution in [0.1, 0.15) is 10.5 Å². The molecular formula is C19H13FN6O4S. The first kappa shape index (κ1) is 20.2. The van der Waals surface area contributed by atoms with Crippen LogP contribution in [0.3, 0.4) is 0 Å². The number of hydrogen-bond acceptors (Lipinski definition) is 8. The molecule has 0 fully saturated rings. The van der Waals surface area contributed by atoms with E-state index >= 15 is 0 Å². The Labute approximate surface area is 177 Å². The summed E-state index contributed by atoms with van der Waals surface area (Å²) in [7, 11) is 0. The van der Waals surface area contributed by atoms with Gasteiger partial charge < -0.3 is 4.42 Å². The van der Waals surface area contributed by atoms with Gasteiger partial charge in [0, 0.05) is 10.9 Å². The van der Waals surface area contributed by atoms with Crippen molar-refractivity contribution >= 4 is 34.3 Å². The van der Waals surface area contributed by atoms with Crippen LogP contribution < -0.4 is 16.4 Å². The zero-order chi connectivity index (χ0) is 21.8. The van der Waals surface area contributed by atoms with Gasteiger partial charge in [-0.1, -0.05) is 30.0 Å². The number of carbonyl (C=O) groups excluding carboxylic acids is 2. The van der Waals surface area contributed by atoms with Crippen molar-refractivity contribution in [2.45, 2.75) is 5.22 Å². The van der Waals surface area contributed by atoms with Gasteiger partial charge in [-0.3, -0.25) is 25.2 Å². The maximum atomic E-state index is 13.0. The average molecular weight is 440 g/mol. The van der Waals surface area contributed by atoms with E-state index < -0.39 is 17.4 Å². The molecule has 0 saturated heterocycles. The minimum atomic E-state index is -0.692. The quantitative estimate of drug-likeness (QED) is 0.314. The van der Waals surface area contributed by atoms with Gasteiger partial charge in [0.2, 0.25) is 11.8 Å². The highest BCUT2D eigenvalue weighted by Crippen LogP contribution is 2.23. The summed E-state index contributed by atoms with van der Waals surface area (Å²) in [5, 5.41) is 14.4. The van der Waals surface area contributed by atoms with E-state index in [4.69, 9.17) is 4.42 Å². The number of carbonyl (C=O) groups is 2. The predicted octanol–water partition coefficient (Wildman–Crippen LogP) is 1.67. The number of H-pyrrole nitrogens is 1. The molecule has 0 spiro atoms. The van der Waals surface area contributed by atoms with Crippen molar-refractivity contribution in [2.75, 3.05) is 5.75 Å². The summed E-state index contributed by atoms with van der Waals surface area (Å²) in [4.78, 5) is 36.2. The molecule has 31 heavy (non-hydrogen) atoms. The van der Waals surface area contributed by atoms with E-state index in [-0.39, 0.29) is 28.4 Å². The van der Waals surface area contributed by atoms with E-state index in [2.05, 4.69) is 31.2 Å². The molecule has 2 amide bonds. The van der Waals surface area contributed by atoms with Crippen LogP contribution in [-0.4, -0.2) is 38.0 Å². The van der Waals surface area contributed by atoms with Gasteiger partial charge in [0.1, 0.15) is 5.82 Å². The predicted molar refractivity (Wildman–Crippen MR) is 108 cm³/mol. The Morgan fingerprint density at radius 2 is 1.77 bits per heavy atom. The van der Waals surface area contributed by atoms with Gasteiger partial charge in [0.15, 0.2) is 5.69 Å². The number of thioether (sulfide) groups is 1. The molecule has 0 aliphatic heterocycles. The second-order valence-corrected chi connectivity index (χ2v) is 7.04. The first-order valence-electron chi connectivity index (χ1n) is 8.80. The lowest BCUT2D eigenvalue weighted by Crippen LogP contribution is -2.43. The van der Waals surface area contributed by atoms with Crippen molar-refractivity contribution in [3.63, 3.8) is 0 Å². The van der Waals surface area contributed by atoms with Crippen molar-refractivity contribution < 1.29 is 18.4 Å². The summed E-state index contributed by atoms with van der Waals surface area (Å²) in [6.45, 7) is 0. The molecule has 2 aromatic heterocycles. The summed E-state index contributed by atoms with van der Waals surface area (Å²) in [5.74, 6) is -1.55. The van der Waals surface area contributed by atoms with Crippen LogP contribution in [0.15, 0.2) is 63.0 Å². The van der Waals surface area contributed by atoms with E-state index in [1.165, 1.54) is 24.3 Å². The van der Waals surface area contributed by atoms with Crippen LogP contribution in [0.5, 0.6) is 0 Å². The normalized spacial score (nSPS) is 10.7. The Morgan fingerprint density at radius 1 is 1.03 bits per heavy atom. The lowest BCUT2D eigenvalue weighted by atomic mass is 10.1. The third-order valence-electron chi connectivity index (χ3n) is 4.05. The third kappa shape index (κ3) is 4.59. The van der Waals surface area contributed by atoms with Crippen LogP contribution in [0.2, 0.25) is 0 Å². The van der Waals surface area contributed by atoms with Gasteiger partial charge in [0.05, 0.1) is 11.1 Å². The third-order valence-corrected chi connectivity index (χ3v) is 4.87. The second kappa shape index (κ2) is 8.75. The number of nitrogens with zero attached hydrogens (tertiary/aromatic N) is 3. The first-order chi connectivity index (χ1) is 15.0. The second-order valence-electron chi connectivity index (χ2n) is 6.12. The van der Waals surface area contributed by atoms with Gasteiger partial charge >= 0.3 is 0 Å². The Hall–Kier alpha value is -4.06. The van der Waals surface area contributed by atoms with E-state index in [1.807, 2.05) is 0 Å². The number of fused-ring (bicyclic) bond motifs is 1. The fourth-order valence-corrected chi connectivity index (χ4v) is 3.18. The molecular weight excluding hydrogens is 427 g/mol. The van der Waals surface area contributed by atoms with Crippen LogP contribution in [0.4, 0.5) is 4.39 Å². The molecule has 156 valence electrons. The molecule has 4 rings (SSSR count). The SMILES string of the molecule is O=C(CSc1nnc(-c2ccc(F)cc2)o1)NNC(=O)c1n[nH]c(=O)c2ccccc12. The molecule has 0 aliphatic rings. The van der Waals surface area contributed by atoms with Crippen molar-refractivity contribution in [1.29, 1.82) is 0 Å². The Kier molecular flexibility index (Phi) is 5.71. The monoisotopic (exact) mass is 440 g/mol. The number of halogens is 1. The molecule has 0 aliphatic carbocycles. The summed E-state index contributed by atoms with van der Waals surface area (Å²) < 4.78 is 18.4. The zero-order valence-electron chi connectivity index (χ0n) is 15.6. The van der Waals surface area contributed by atoms with Gasteiger partial charge in [-0.2, -0.15) is 5.10 Å². The maximum Gasteiger partial charge on any atom is 0.290 e. The van der Waals surface area contributed by atoms with Crippen molar-refractivity contribution in [2.24, 2.45) is 0 Å². The molecule has 3 N–H and O–H groups in total. The summed E-state index contributed by atoms with van der Waals surface area (Å²) in [6, 6.07) is 12.0. The molecule has 0 radical (unpaired) electrons. The molecule has 10 nitrogen and oxygen atoms in total. The number of nitrogens with one attached hydrogen (secondary N) is 3. The van der Waals surface area contributed by atoms with Crippen molar-refractivity contribution in [1.82, 2.24) is 31.2 Å². The summed E-state index contributed by atoms with van der Waals surface area (Å²) >= 11 is 0.958. The van der Waals surface area contributed by atoms with Crippen LogP contribution in [0.25, 0.3) is 22.2 Å². The fourth-order valence-electron chi connectivity index (χ4n) is 2.61. The van der Waals surface area contributed by atoms with Crippen LogP contribution in [-0.2, 0) is 4.79 Å². The topological polar surface area (TPSA) is 143 Å². The van der Waals surface area contributed by atoms with E-state index in [9.17, 15) is 18.8 Å². The smallest absolute Gasteiger partial charge is 0.290 e. The molecule has 2 aromatic carbocycles. The van der Waals surface area contributed by atoms with Gasteiger partial charge in [-0.25, -0.2) is 9.49 Å². The Bertz CT molecular complexity index is 1320. The summed E-state index contributed by atoms with van der Waals surface area (Å²) in [6.07, 6.45) is 0. The Morgan fingerprint density at radius 3 is 2.55 bits per heavy atom.